The number of hydrogen-bond donors (Lipinski definition) is 1. The maximum Gasteiger partial charge on any atom is 0.161 e. The van der Waals surface area contributed by atoms with Crippen molar-refractivity contribution in [2.45, 2.75) is 20.1 Å². The van der Waals surface area contributed by atoms with Crippen LogP contribution in [0.4, 0.5) is 5.69 Å². The highest BCUT2D eigenvalue weighted by Gasteiger charge is 2.07. The number of hydrogen-bond acceptors (Lipinski definition) is 4. The second-order valence-corrected chi connectivity index (χ2v) is 6.34. The Hall–Kier alpha value is -3.14. The highest BCUT2D eigenvalue weighted by molar-refractivity contribution is 5.48. The van der Waals surface area contributed by atoms with Crippen LogP contribution in [-0.4, -0.2) is 14.2 Å². The summed E-state index contributed by atoms with van der Waals surface area (Å²) in [5.74, 6) is 2.32. The molecule has 0 amide bonds. The Morgan fingerprint density at radius 1 is 0.778 bits per heavy atom. The average molecular weight is 363 g/mol. The van der Waals surface area contributed by atoms with Gasteiger partial charge in [0.1, 0.15) is 12.4 Å². The molecule has 0 aromatic heterocycles. The topological polar surface area (TPSA) is 39.7 Å². The monoisotopic (exact) mass is 363 g/mol. The van der Waals surface area contributed by atoms with E-state index in [1.54, 1.807) is 14.2 Å². The molecule has 0 saturated heterocycles. The van der Waals surface area contributed by atoms with Crippen molar-refractivity contribution in [3.8, 4) is 17.2 Å². The molecule has 0 aliphatic heterocycles. The van der Waals surface area contributed by atoms with E-state index in [0.29, 0.717) is 13.2 Å². The van der Waals surface area contributed by atoms with Gasteiger partial charge in [0.2, 0.25) is 0 Å². The van der Waals surface area contributed by atoms with Gasteiger partial charge in [0.15, 0.2) is 11.5 Å². The molecular formula is C23H25NO3. The summed E-state index contributed by atoms with van der Waals surface area (Å²) in [5, 5.41) is 3.40. The fraction of sp³-hybridized carbons (Fsp3) is 0.217. The van der Waals surface area contributed by atoms with E-state index in [1.807, 2.05) is 48.5 Å². The lowest BCUT2D eigenvalue weighted by atomic mass is 10.1. The minimum absolute atomic E-state index is 0.515. The standard InChI is InChI=1S/C23H25NO3/c1-17-5-4-6-19(13-17)16-27-22-12-7-18(14-23(22)26-3)15-24-20-8-10-21(25-2)11-9-20/h4-14,24H,15-16H2,1-3H3. The largest absolute Gasteiger partial charge is 0.497 e. The second-order valence-electron chi connectivity index (χ2n) is 6.34. The molecule has 1 N–H and O–H groups in total. The van der Waals surface area contributed by atoms with Gasteiger partial charge >= 0.3 is 0 Å². The van der Waals surface area contributed by atoms with Gasteiger partial charge in [-0.2, -0.15) is 0 Å². The molecule has 0 fully saturated rings. The summed E-state index contributed by atoms with van der Waals surface area (Å²) in [7, 11) is 3.33. The molecule has 0 aliphatic rings. The van der Waals surface area contributed by atoms with Gasteiger partial charge < -0.3 is 19.5 Å². The quantitative estimate of drug-likeness (QED) is 0.597. The first-order valence-corrected chi connectivity index (χ1v) is 8.91. The van der Waals surface area contributed by atoms with Crippen molar-refractivity contribution in [3.63, 3.8) is 0 Å². The molecule has 0 bridgehead atoms. The van der Waals surface area contributed by atoms with Crippen LogP contribution in [-0.2, 0) is 13.2 Å². The summed E-state index contributed by atoms with van der Waals surface area (Å²) in [5.41, 5.74) is 4.52. The van der Waals surface area contributed by atoms with Gasteiger partial charge in [-0.1, -0.05) is 35.9 Å². The third kappa shape index (κ3) is 5.17. The molecule has 0 aliphatic carbocycles. The van der Waals surface area contributed by atoms with E-state index in [2.05, 4.69) is 30.4 Å². The summed E-state index contributed by atoms with van der Waals surface area (Å²) < 4.78 is 16.6. The number of methoxy groups -OCH3 is 2. The fourth-order valence-electron chi connectivity index (χ4n) is 2.82. The van der Waals surface area contributed by atoms with Crippen molar-refractivity contribution in [1.29, 1.82) is 0 Å². The molecule has 0 unspecified atom stereocenters. The normalized spacial score (nSPS) is 10.3. The first-order chi connectivity index (χ1) is 13.2. The predicted molar refractivity (Wildman–Crippen MR) is 109 cm³/mol. The van der Waals surface area contributed by atoms with E-state index < -0.39 is 0 Å². The highest BCUT2D eigenvalue weighted by Crippen LogP contribution is 2.29. The number of rotatable bonds is 8. The van der Waals surface area contributed by atoms with Crippen LogP contribution in [0.15, 0.2) is 66.7 Å². The fourth-order valence-corrected chi connectivity index (χ4v) is 2.82. The molecule has 0 atom stereocenters. The maximum absolute atomic E-state index is 5.95. The van der Waals surface area contributed by atoms with E-state index in [-0.39, 0.29) is 0 Å². The first kappa shape index (κ1) is 18.6. The smallest absolute Gasteiger partial charge is 0.161 e. The minimum Gasteiger partial charge on any atom is -0.497 e. The predicted octanol–water partition coefficient (Wildman–Crippen LogP) is 5.20. The average Bonchev–Trinajstić information content (AvgIpc) is 2.71. The van der Waals surface area contributed by atoms with Gasteiger partial charge in [0.25, 0.3) is 0 Å². The molecule has 3 rings (SSSR count). The first-order valence-electron chi connectivity index (χ1n) is 8.91. The van der Waals surface area contributed by atoms with Gasteiger partial charge in [-0.25, -0.2) is 0 Å². The van der Waals surface area contributed by atoms with Crippen LogP contribution in [0.5, 0.6) is 17.2 Å². The summed E-state index contributed by atoms with van der Waals surface area (Å²) in [6.45, 7) is 3.29. The molecule has 27 heavy (non-hydrogen) atoms. The lowest BCUT2D eigenvalue weighted by Gasteiger charge is -2.13. The van der Waals surface area contributed by atoms with Crippen LogP contribution in [0.3, 0.4) is 0 Å². The molecule has 3 aromatic rings. The van der Waals surface area contributed by atoms with Crippen LogP contribution in [0.25, 0.3) is 0 Å². The number of ether oxygens (including phenoxy) is 3. The Balaban J connectivity index is 1.62. The van der Waals surface area contributed by atoms with Crippen LogP contribution >= 0.6 is 0 Å². The lowest BCUT2D eigenvalue weighted by Crippen LogP contribution is -2.02. The number of nitrogens with one attached hydrogen (secondary N) is 1. The van der Waals surface area contributed by atoms with Gasteiger partial charge in [-0.15, -0.1) is 0 Å². The maximum atomic E-state index is 5.95. The molecule has 140 valence electrons. The van der Waals surface area contributed by atoms with E-state index in [4.69, 9.17) is 14.2 Å². The van der Waals surface area contributed by atoms with Crippen molar-refractivity contribution < 1.29 is 14.2 Å². The Labute approximate surface area is 160 Å². The zero-order valence-electron chi connectivity index (χ0n) is 16.0. The highest BCUT2D eigenvalue weighted by atomic mass is 16.5. The molecule has 0 saturated carbocycles. The van der Waals surface area contributed by atoms with Gasteiger partial charge in [-0.3, -0.25) is 0 Å². The van der Waals surface area contributed by atoms with Crippen molar-refractivity contribution in [2.24, 2.45) is 0 Å². The molecule has 4 nitrogen and oxygen atoms in total. The van der Waals surface area contributed by atoms with Crippen molar-refractivity contribution in [1.82, 2.24) is 0 Å². The SMILES string of the molecule is COc1ccc(NCc2ccc(OCc3cccc(C)c3)c(OC)c2)cc1. The van der Waals surface area contributed by atoms with Gasteiger partial charge in [0.05, 0.1) is 14.2 Å². The van der Waals surface area contributed by atoms with Crippen LogP contribution in [0, 0.1) is 6.92 Å². The van der Waals surface area contributed by atoms with Crippen molar-refractivity contribution in [2.75, 3.05) is 19.5 Å². The lowest BCUT2D eigenvalue weighted by molar-refractivity contribution is 0.284. The van der Waals surface area contributed by atoms with E-state index >= 15 is 0 Å². The van der Waals surface area contributed by atoms with Crippen molar-refractivity contribution in [3.05, 3.63) is 83.4 Å². The van der Waals surface area contributed by atoms with Crippen LogP contribution < -0.4 is 19.5 Å². The second kappa shape index (κ2) is 8.99. The van der Waals surface area contributed by atoms with Gasteiger partial charge in [0, 0.05) is 12.2 Å². The number of aryl methyl sites for hydroxylation is 1. The molecule has 0 spiro atoms. The third-order valence-corrected chi connectivity index (χ3v) is 4.29. The Morgan fingerprint density at radius 3 is 2.30 bits per heavy atom. The minimum atomic E-state index is 0.515. The molecule has 0 heterocycles. The number of anilines is 1. The molecular weight excluding hydrogens is 338 g/mol. The zero-order valence-corrected chi connectivity index (χ0v) is 16.0. The van der Waals surface area contributed by atoms with Crippen LogP contribution in [0.1, 0.15) is 16.7 Å². The van der Waals surface area contributed by atoms with E-state index in [9.17, 15) is 0 Å². The summed E-state index contributed by atoms with van der Waals surface area (Å²) >= 11 is 0. The summed E-state index contributed by atoms with van der Waals surface area (Å²) in [6, 6.07) is 22.2. The van der Waals surface area contributed by atoms with E-state index in [0.717, 1.165) is 34.1 Å². The van der Waals surface area contributed by atoms with Crippen molar-refractivity contribution >= 4 is 5.69 Å². The molecule has 3 aromatic carbocycles. The Kier molecular flexibility index (Phi) is 6.21. The Morgan fingerprint density at radius 2 is 1.59 bits per heavy atom. The van der Waals surface area contributed by atoms with E-state index in [1.165, 1.54) is 5.56 Å². The van der Waals surface area contributed by atoms with Crippen LogP contribution in [0.2, 0.25) is 0 Å². The molecule has 4 heteroatoms. The summed E-state index contributed by atoms with van der Waals surface area (Å²) in [4.78, 5) is 0. The Bertz CT molecular complexity index is 875. The van der Waals surface area contributed by atoms with Gasteiger partial charge in [-0.05, 0) is 54.4 Å². The molecule has 0 radical (unpaired) electrons. The number of benzene rings is 3. The third-order valence-electron chi connectivity index (χ3n) is 4.29. The summed E-state index contributed by atoms with van der Waals surface area (Å²) in [6.07, 6.45) is 0. The zero-order chi connectivity index (χ0) is 19.1.